The molecule has 0 aliphatic heterocycles. The van der Waals surface area contributed by atoms with Crippen molar-refractivity contribution < 1.29 is 4.39 Å². The lowest BCUT2D eigenvalue weighted by Gasteiger charge is -2.08. The van der Waals surface area contributed by atoms with Crippen molar-refractivity contribution in [3.63, 3.8) is 0 Å². The summed E-state index contributed by atoms with van der Waals surface area (Å²) in [5.41, 5.74) is 10.1. The molecule has 1 aromatic carbocycles. The number of nitrogens with two attached hydrogens (primary N) is 1. The van der Waals surface area contributed by atoms with E-state index in [1.807, 2.05) is 24.7 Å². The summed E-state index contributed by atoms with van der Waals surface area (Å²) in [6.45, 7) is 4.51. The third-order valence-corrected chi connectivity index (χ3v) is 3.44. The highest BCUT2D eigenvalue weighted by Gasteiger charge is 2.18. The van der Waals surface area contributed by atoms with Gasteiger partial charge in [-0.25, -0.2) is 4.39 Å². The van der Waals surface area contributed by atoms with Gasteiger partial charge in [-0.15, -0.1) is 0 Å². The quantitative estimate of drug-likeness (QED) is 0.919. The van der Waals surface area contributed by atoms with E-state index in [1.54, 1.807) is 6.07 Å². The molecule has 0 saturated heterocycles. The minimum atomic E-state index is -0.213. The highest BCUT2D eigenvalue weighted by Crippen LogP contribution is 2.31. The molecule has 0 spiro atoms. The molecule has 0 fully saturated rings. The molecule has 0 aliphatic rings. The molecule has 0 aliphatic carbocycles. The van der Waals surface area contributed by atoms with Crippen LogP contribution in [0.15, 0.2) is 18.2 Å². The molecule has 4 heteroatoms. The Morgan fingerprint density at radius 2 is 2.00 bits per heavy atom. The lowest BCUT2D eigenvalue weighted by atomic mass is 9.98. The Bertz CT molecular complexity index is 587. The zero-order chi connectivity index (χ0) is 14.0. The van der Waals surface area contributed by atoms with E-state index in [0.717, 1.165) is 35.4 Å². The average Bonchev–Trinajstić information content (AvgIpc) is 2.75. The number of hydrogen-bond acceptors (Lipinski definition) is 2. The average molecular weight is 261 g/mol. The molecule has 19 heavy (non-hydrogen) atoms. The van der Waals surface area contributed by atoms with Crippen molar-refractivity contribution in [1.29, 1.82) is 0 Å². The molecule has 1 heterocycles. The van der Waals surface area contributed by atoms with Gasteiger partial charge in [0.15, 0.2) is 0 Å². The number of hydrogen-bond donors (Lipinski definition) is 1. The molecule has 3 nitrogen and oxygen atoms in total. The Morgan fingerprint density at radius 1 is 1.26 bits per heavy atom. The van der Waals surface area contributed by atoms with Crippen molar-refractivity contribution in [1.82, 2.24) is 9.78 Å². The van der Waals surface area contributed by atoms with Crippen LogP contribution < -0.4 is 5.73 Å². The van der Waals surface area contributed by atoms with E-state index in [9.17, 15) is 4.39 Å². The number of nitrogens with zero attached hydrogens (tertiary/aromatic N) is 2. The lowest BCUT2D eigenvalue weighted by molar-refractivity contribution is 0.630. The van der Waals surface area contributed by atoms with Gasteiger partial charge in [0.25, 0.3) is 0 Å². The molecule has 0 unspecified atom stereocenters. The maximum absolute atomic E-state index is 14.2. The van der Waals surface area contributed by atoms with Crippen molar-refractivity contribution in [3.8, 4) is 11.1 Å². The summed E-state index contributed by atoms with van der Waals surface area (Å²) in [5.74, 6) is -0.213. The summed E-state index contributed by atoms with van der Waals surface area (Å²) in [4.78, 5) is 0. The largest absolute Gasteiger partial charge is 0.326 e. The summed E-state index contributed by atoms with van der Waals surface area (Å²) < 4.78 is 16.0. The SMILES string of the molecule is CCc1nn(C)c(CC)c1-c1cc(CN)ccc1F. The maximum atomic E-state index is 14.2. The minimum absolute atomic E-state index is 0.213. The summed E-state index contributed by atoms with van der Waals surface area (Å²) in [7, 11) is 1.91. The fourth-order valence-corrected chi connectivity index (χ4v) is 2.47. The Kier molecular flexibility index (Phi) is 4.00. The predicted octanol–water partition coefficient (Wildman–Crippen LogP) is 2.81. The summed E-state index contributed by atoms with van der Waals surface area (Å²) in [5, 5.41) is 4.49. The van der Waals surface area contributed by atoms with E-state index in [-0.39, 0.29) is 5.82 Å². The molecule has 102 valence electrons. The zero-order valence-corrected chi connectivity index (χ0v) is 11.7. The molecule has 0 bridgehead atoms. The van der Waals surface area contributed by atoms with Crippen LogP contribution in [0, 0.1) is 5.82 Å². The van der Waals surface area contributed by atoms with Gasteiger partial charge in [0.2, 0.25) is 0 Å². The third-order valence-electron chi connectivity index (χ3n) is 3.44. The highest BCUT2D eigenvalue weighted by atomic mass is 19.1. The predicted molar refractivity (Wildman–Crippen MR) is 75.2 cm³/mol. The first-order chi connectivity index (χ1) is 9.12. The van der Waals surface area contributed by atoms with Crippen LogP contribution >= 0.6 is 0 Å². The van der Waals surface area contributed by atoms with E-state index in [2.05, 4.69) is 12.0 Å². The molecule has 0 saturated carbocycles. The number of benzene rings is 1. The van der Waals surface area contributed by atoms with Crippen LogP contribution in [0.1, 0.15) is 30.8 Å². The molecule has 2 N–H and O–H groups in total. The minimum Gasteiger partial charge on any atom is -0.326 e. The van der Waals surface area contributed by atoms with Crippen molar-refractivity contribution in [2.24, 2.45) is 12.8 Å². The van der Waals surface area contributed by atoms with Crippen molar-refractivity contribution in [3.05, 3.63) is 41.0 Å². The van der Waals surface area contributed by atoms with Gasteiger partial charge in [-0.05, 0) is 30.5 Å². The van der Waals surface area contributed by atoms with E-state index >= 15 is 0 Å². The van der Waals surface area contributed by atoms with E-state index in [0.29, 0.717) is 12.1 Å². The van der Waals surface area contributed by atoms with Crippen LogP contribution in [0.2, 0.25) is 0 Å². The van der Waals surface area contributed by atoms with E-state index in [4.69, 9.17) is 5.73 Å². The molecule has 2 rings (SSSR count). The fraction of sp³-hybridized carbons (Fsp3) is 0.400. The lowest BCUT2D eigenvalue weighted by Crippen LogP contribution is -2.00. The fourth-order valence-electron chi connectivity index (χ4n) is 2.47. The van der Waals surface area contributed by atoms with Crippen LogP contribution in [0.5, 0.6) is 0 Å². The van der Waals surface area contributed by atoms with E-state index < -0.39 is 0 Å². The van der Waals surface area contributed by atoms with Gasteiger partial charge in [-0.2, -0.15) is 5.10 Å². The number of halogens is 1. The van der Waals surface area contributed by atoms with Gasteiger partial charge in [-0.3, -0.25) is 4.68 Å². The summed E-state index contributed by atoms with van der Waals surface area (Å²) in [6, 6.07) is 5.06. The van der Waals surface area contributed by atoms with Gasteiger partial charge in [0, 0.05) is 30.4 Å². The van der Waals surface area contributed by atoms with Gasteiger partial charge < -0.3 is 5.73 Å². The third kappa shape index (κ3) is 2.40. The number of aryl methyl sites for hydroxylation is 2. The van der Waals surface area contributed by atoms with Crippen molar-refractivity contribution in [2.45, 2.75) is 33.2 Å². The molecule has 1 aromatic heterocycles. The Morgan fingerprint density at radius 3 is 2.58 bits per heavy atom. The molecule has 0 amide bonds. The van der Waals surface area contributed by atoms with Crippen LogP contribution in [0.25, 0.3) is 11.1 Å². The highest BCUT2D eigenvalue weighted by molar-refractivity contribution is 5.70. The van der Waals surface area contributed by atoms with E-state index in [1.165, 1.54) is 6.07 Å². The first kappa shape index (κ1) is 13.7. The summed E-state index contributed by atoms with van der Waals surface area (Å²) >= 11 is 0. The topological polar surface area (TPSA) is 43.8 Å². The van der Waals surface area contributed by atoms with Gasteiger partial charge >= 0.3 is 0 Å². The molecular weight excluding hydrogens is 241 g/mol. The van der Waals surface area contributed by atoms with Crippen LogP contribution in [0.4, 0.5) is 4.39 Å². The Hall–Kier alpha value is -1.68. The first-order valence-electron chi connectivity index (χ1n) is 6.65. The van der Waals surface area contributed by atoms with Crippen LogP contribution in [0.3, 0.4) is 0 Å². The molecule has 0 radical (unpaired) electrons. The van der Waals surface area contributed by atoms with Gasteiger partial charge in [-0.1, -0.05) is 19.9 Å². The second-order valence-corrected chi connectivity index (χ2v) is 4.62. The monoisotopic (exact) mass is 261 g/mol. The normalized spacial score (nSPS) is 11.0. The second-order valence-electron chi connectivity index (χ2n) is 4.62. The standard InChI is InChI=1S/C15H20FN3/c1-4-13-15(14(5-2)19(3)18-13)11-8-10(9-17)6-7-12(11)16/h6-8H,4-5,9,17H2,1-3H3. The maximum Gasteiger partial charge on any atom is 0.131 e. The number of rotatable bonds is 4. The van der Waals surface area contributed by atoms with Crippen molar-refractivity contribution >= 4 is 0 Å². The van der Waals surface area contributed by atoms with Gasteiger partial charge in [0.05, 0.1) is 5.69 Å². The Labute approximate surface area is 113 Å². The number of aromatic nitrogens is 2. The zero-order valence-electron chi connectivity index (χ0n) is 11.7. The first-order valence-corrected chi connectivity index (χ1v) is 6.65. The summed E-state index contributed by atoms with van der Waals surface area (Å²) in [6.07, 6.45) is 1.61. The molecule has 2 aromatic rings. The van der Waals surface area contributed by atoms with Crippen LogP contribution in [-0.4, -0.2) is 9.78 Å². The molecular formula is C15H20FN3. The Balaban J connectivity index is 2.69. The molecule has 0 atom stereocenters. The van der Waals surface area contributed by atoms with Crippen molar-refractivity contribution in [2.75, 3.05) is 0 Å². The van der Waals surface area contributed by atoms with Crippen LogP contribution in [-0.2, 0) is 26.4 Å². The van der Waals surface area contributed by atoms with Gasteiger partial charge in [0.1, 0.15) is 5.82 Å². The smallest absolute Gasteiger partial charge is 0.131 e. The second kappa shape index (κ2) is 5.53.